The van der Waals surface area contributed by atoms with Gasteiger partial charge < -0.3 is 21.1 Å². The fourth-order valence-corrected chi connectivity index (χ4v) is 1.37. The maximum atomic E-state index is 11.4. The van der Waals surface area contributed by atoms with Crippen LogP contribution in [0.4, 0.5) is 0 Å². The summed E-state index contributed by atoms with van der Waals surface area (Å²) in [5, 5.41) is 11.9. The molecule has 1 aliphatic heterocycles. The maximum Gasteiger partial charge on any atom is 0.247 e. The number of carbonyl (C=O) groups is 2. The summed E-state index contributed by atoms with van der Waals surface area (Å²) < 4.78 is 0. The zero-order valence-electron chi connectivity index (χ0n) is 8.06. The van der Waals surface area contributed by atoms with E-state index in [1.807, 2.05) is 0 Å². The van der Waals surface area contributed by atoms with Crippen LogP contribution in [-0.2, 0) is 9.59 Å². The van der Waals surface area contributed by atoms with Gasteiger partial charge >= 0.3 is 0 Å². The lowest BCUT2D eigenvalue weighted by Gasteiger charge is -2.13. The number of nitrogens with zero attached hydrogens (tertiary/aromatic N) is 1. The van der Waals surface area contributed by atoms with Gasteiger partial charge in [0, 0.05) is 20.1 Å². The van der Waals surface area contributed by atoms with E-state index in [1.165, 1.54) is 0 Å². The Hall–Kier alpha value is -1.14. The van der Waals surface area contributed by atoms with E-state index in [0.29, 0.717) is 13.0 Å². The minimum atomic E-state index is -1.23. The van der Waals surface area contributed by atoms with E-state index in [2.05, 4.69) is 5.32 Å². The second-order valence-electron chi connectivity index (χ2n) is 3.43. The Morgan fingerprint density at radius 1 is 1.86 bits per heavy atom. The number of rotatable bonds is 4. The standard InChI is InChI=1S/C8H15N3O3/c1-11-3-2-5(8(11)14)10-4-6(12)7(9)13/h5-6,10,12H,2-4H2,1H3,(H2,9,13). The molecule has 0 bridgehead atoms. The molecule has 0 saturated carbocycles. The first-order valence-corrected chi connectivity index (χ1v) is 4.48. The van der Waals surface area contributed by atoms with E-state index in [1.54, 1.807) is 11.9 Å². The number of aliphatic hydroxyl groups excluding tert-OH is 1. The number of primary amides is 1. The summed E-state index contributed by atoms with van der Waals surface area (Å²) in [5.41, 5.74) is 4.86. The van der Waals surface area contributed by atoms with Gasteiger partial charge in [0.2, 0.25) is 11.8 Å². The Labute approximate surface area is 82.1 Å². The molecule has 0 aliphatic carbocycles. The van der Waals surface area contributed by atoms with Crippen LogP contribution < -0.4 is 11.1 Å². The van der Waals surface area contributed by atoms with Crippen LogP contribution in [0.3, 0.4) is 0 Å². The van der Waals surface area contributed by atoms with Crippen molar-refractivity contribution in [2.45, 2.75) is 18.6 Å². The molecule has 2 amide bonds. The average molecular weight is 201 g/mol. The summed E-state index contributed by atoms with van der Waals surface area (Å²) in [5.74, 6) is -0.794. The molecule has 0 spiro atoms. The molecule has 6 heteroatoms. The first-order chi connectivity index (χ1) is 6.52. The first-order valence-electron chi connectivity index (χ1n) is 4.48. The molecule has 1 heterocycles. The number of nitrogens with two attached hydrogens (primary N) is 1. The van der Waals surface area contributed by atoms with E-state index < -0.39 is 12.0 Å². The topological polar surface area (TPSA) is 95.7 Å². The molecule has 0 aromatic carbocycles. The number of nitrogens with one attached hydrogen (secondary N) is 1. The number of likely N-dealkylation sites (N-methyl/N-ethyl adjacent to an activating group) is 1. The Bertz CT molecular complexity index is 244. The highest BCUT2D eigenvalue weighted by molar-refractivity contribution is 5.84. The van der Waals surface area contributed by atoms with Crippen molar-refractivity contribution in [1.29, 1.82) is 0 Å². The van der Waals surface area contributed by atoms with Gasteiger partial charge in [0.15, 0.2) is 0 Å². The number of carbonyl (C=O) groups excluding carboxylic acids is 2. The van der Waals surface area contributed by atoms with Crippen LogP contribution in [0.1, 0.15) is 6.42 Å². The van der Waals surface area contributed by atoms with Crippen molar-refractivity contribution in [2.75, 3.05) is 20.1 Å². The van der Waals surface area contributed by atoms with Crippen molar-refractivity contribution in [3.63, 3.8) is 0 Å². The van der Waals surface area contributed by atoms with E-state index >= 15 is 0 Å². The van der Waals surface area contributed by atoms with Gasteiger partial charge in [0.1, 0.15) is 6.10 Å². The van der Waals surface area contributed by atoms with Crippen LogP contribution in [-0.4, -0.2) is 54.1 Å². The van der Waals surface area contributed by atoms with Crippen LogP contribution in [0.2, 0.25) is 0 Å². The third-order valence-corrected chi connectivity index (χ3v) is 2.31. The highest BCUT2D eigenvalue weighted by Gasteiger charge is 2.29. The molecule has 4 N–H and O–H groups in total. The summed E-state index contributed by atoms with van der Waals surface area (Å²) in [6.07, 6.45) is -0.533. The number of hydrogen-bond acceptors (Lipinski definition) is 4. The second kappa shape index (κ2) is 4.39. The second-order valence-corrected chi connectivity index (χ2v) is 3.43. The molecule has 1 rings (SSSR count). The average Bonchev–Trinajstić information content (AvgIpc) is 2.44. The molecule has 1 aliphatic rings. The SMILES string of the molecule is CN1CCC(NCC(O)C(N)=O)C1=O. The number of aliphatic hydroxyl groups is 1. The fourth-order valence-electron chi connectivity index (χ4n) is 1.37. The third kappa shape index (κ3) is 2.43. The number of hydrogen-bond donors (Lipinski definition) is 3. The maximum absolute atomic E-state index is 11.4. The number of amides is 2. The van der Waals surface area contributed by atoms with E-state index in [9.17, 15) is 9.59 Å². The molecule has 0 radical (unpaired) electrons. The van der Waals surface area contributed by atoms with Crippen LogP contribution in [0.25, 0.3) is 0 Å². The predicted octanol–water partition coefficient (Wildman–Crippen LogP) is -2.35. The van der Waals surface area contributed by atoms with Crippen molar-refractivity contribution in [3.8, 4) is 0 Å². The normalized spacial score (nSPS) is 24.0. The Morgan fingerprint density at radius 3 is 2.93 bits per heavy atom. The molecule has 1 saturated heterocycles. The van der Waals surface area contributed by atoms with Crippen molar-refractivity contribution in [2.24, 2.45) is 5.73 Å². The van der Waals surface area contributed by atoms with E-state index in [4.69, 9.17) is 10.8 Å². The van der Waals surface area contributed by atoms with Crippen molar-refractivity contribution >= 4 is 11.8 Å². The Morgan fingerprint density at radius 2 is 2.50 bits per heavy atom. The monoisotopic (exact) mass is 201 g/mol. The molecule has 14 heavy (non-hydrogen) atoms. The first kappa shape index (κ1) is 10.9. The highest BCUT2D eigenvalue weighted by Crippen LogP contribution is 2.07. The molecule has 80 valence electrons. The zero-order chi connectivity index (χ0) is 10.7. The van der Waals surface area contributed by atoms with Crippen LogP contribution in [0.15, 0.2) is 0 Å². The molecule has 0 aromatic rings. The van der Waals surface area contributed by atoms with Crippen LogP contribution in [0, 0.1) is 0 Å². The van der Waals surface area contributed by atoms with Gasteiger partial charge in [-0.1, -0.05) is 0 Å². The summed E-state index contributed by atoms with van der Waals surface area (Å²) in [7, 11) is 1.72. The van der Waals surface area contributed by atoms with Gasteiger partial charge in [-0.3, -0.25) is 9.59 Å². The van der Waals surface area contributed by atoms with Gasteiger partial charge in [0.05, 0.1) is 6.04 Å². The molecule has 2 atom stereocenters. The van der Waals surface area contributed by atoms with Crippen molar-refractivity contribution < 1.29 is 14.7 Å². The van der Waals surface area contributed by atoms with Gasteiger partial charge in [-0.05, 0) is 6.42 Å². The lowest BCUT2D eigenvalue weighted by atomic mass is 10.2. The Kier molecular flexibility index (Phi) is 3.43. The third-order valence-electron chi connectivity index (χ3n) is 2.31. The van der Waals surface area contributed by atoms with Crippen molar-refractivity contribution in [1.82, 2.24) is 10.2 Å². The largest absolute Gasteiger partial charge is 0.382 e. The van der Waals surface area contributed by atoms with Gasteiger partial charge in [-0.2, -0.15) is 0 Å². The Balaban J connectivity index is 2.32. The molecule has 2 unspecified atom stereocenters. The van der Waals surface area contributed by atoms with E-state index in [-0.39, 0.29) is 18.5 Å². The molecule has 0 aromatic heterocycles. The minimum Gasteiger partial charge on any atom is -0.382 e. The van der Waals surface area contributed by atoms with E-state index in [0.717, 1.165) is 0 Å². The predicted molar refractivity (Wildman–Crippen MR) is 49.2 cm³/mol. The lowest BCUT2D eigenvalue weighted by Crippen LogP contribution is -2.44. The van der Waals surface area contributed by atoms with Gasteiger partial charge in [-0.25, -0.2) is 0 Å². The quantitative estimate of drug-likeness (QED) is 0.474. The summed E-state index contributed by atoms with van der Waals surface area (Å²) >= 11 is 0. The molecule has 1 fully saturated rings. The summed E-state index contributed by atoms with van der Waals surface area (Å²) in [4.78, 5) is 23.4. The molecular weight excluding hydrogens is 186 g/mol. The minimum absolute atomic E-state index is 0.0123. The van der Waals surface area contributed by atoms with Crippen LogP contribution in [0.5, 0.6) is 0 Å². The number of likely N-dealkylation sites (tertiary alicyclic amines) is 1. The summed E-state index contributed by atoms with van der Waals surface area (Å²) in [6, 6.07) is -0.297. The lowest BCUT2D eigenvalue weighted by molar-refractivity contribution is -0.129. The smallest absolute Gasteiger partial charge is 0.247 e. The zero-order valence-corrected chi connectivity index (χ0v) is 8.06. The molecular formula is C8H15N3O3. The van der Waals surface area contributed by atoms with Crippen LogP contribution >= 0.6 is 0 Å². The molecule has 6 nitrogen and oxygen atoms in total. The summed E-state index contributed by atoms with van der Waals surface area (Å²) in [6.45, 7) is 0.725. The van der Waals surface area contributed by atoms with Gasteiger partial charge in [0.25, 0.3) is 0 Å². The fraction of sp³-hybridized carbons (Fsp3) is 0.750. The van der Waals surface area contributed by atoms with Crippen molar-refractivity contribution in [3.05, 3.63) is 0 Å². The van der Waals surface area contributed by atoms with Gasteiger partial charge in [-0.15, -0.1) is 0 Å². The highest BCUT2D eigenvalue weighted by atomic mass is 16.3.